The maximum atomic E-state index is 11.7. The molecule has 0 saturated heterocycles. The van der Waals surface area contributed by atoms with Crippen molar-refractivity contribution >= 4 is 26.5 Å². The molecule has 3 aromatic rings. The van der Waals surface area contributed by atoms with Gasteiger partial charge < -0.3 is 33.5 Å². The Hall–Kier alpha value is -3.31. The fourth-order valence-electron chi connectivity index (χ4n) is 6.83. The zero-order valence-electron chi connectivity index (χ0n) is 29.7. The van der Waals surface area contributed by atoms with Crippen molar-refractivity contribution < 1.29 is 33.5 Å². The van der Waals surface area contributed by atoms with E-state index < -0.39 is 16.1 Å². The van der Waals surface area contributed by atoms with Crippen molar-refractivity contribution in [2.75, 3.05) is 28.4 Å². The van der Waals surface area contributed by atoms with Crippen LogP contribution in [0.4, 0.5) is 0 Å². The van der Waals surface area contributed by atoms with E-state index in [-0.39, 0.29) is 28.0 Å². The highest BCUT2D eigenvalue weighted by Crippen LogP contribution is 2.43. The molecule has 0 bridgehead atoms. The van der Waals surface area contributed by atoms with E-state index in [4.69, 9.17) is 28.4 Å². The summed E-state index contributed by atoms with van der Waals surface area (Å²) in [6.07, 6.45) is 0. The predicted molar refractivity (Wildman–Crippen MR) is 189 cm³/mol. The second-order valence-electron chi connectivity index (χ2n) is 14.9. The van der Waals surface area contributed by atoms with Gasteiger partial charge in [0.15, 0.2) is 34.5 Å². The number of ether oxygens (including phenoxy) is 6. The van der Waals surface area contributed by atoms with E-state index >= 15 is 0 Å². The maximum absolute atomic E-state index is 11.7. The molecule has 3 aromatic carbocycles. The quantitative estimate of drug-likeness (QED) is 0.205. The molecule has 0 heterocycles. The minimum absolute atomic E-state index is 0.00851. The number of benzene rings is 3. The Morgan fingerprint density at radius 1 is 0.511 bits per heavy atom. The predicted octanol–water partition coefficient (Wildman–Crippen LogP) is 7.32. The monoisotopic (exact) mass is 654 g/mol. The van der Waals surface area contributed by atoms with Crippen molar-refractivity contribution in [2.24, 2.45) is 10.8 Å². The number of para-hydroxylation sites is 3. The molecule has 2 unspecified atom stereocenters. The fraction of sp³-hybridized carbons (Fsp3) is 0.500. The number of aromatic hydroxyl groups is 1. The van der Waals surface area contributed by atoms with E-state index in [1.807, 2.05) is 42.5 Å². The highest BCUT2D eigenvalue weighted by molar-refractivity contribution is 6.92. The first-order valence-corrected chi connectivity index (χ1v) is 21.6. The number of methoxy groups -OCH3 is 4. The van der Waals surface area contributed by atoms with Crippen LogP contribution < -0.4 is 38.8 Å². The van der Waals surface area contributed by atoms with Crippen LogP contribution in [0.2, 0.25) is 26.2 Å². The SMILES string of the molecule is COc1cccc([Si](C)(C)C(Oc2cccc(OC(C(C)(C)C)[Si](C)(C)c3cccc(OC)c3OC)c2O)C(C)(C)C)c1OC. The third-order valence-corrected chi connectivity index (χ3v) is 16.7. The Kier molecular flexibility index (Phi) is 10.9. The van der Waals surface area contributed by atoms with E-state index in [0.717, 1.165) is 21.9 Å². The summed E-state index contributed by atoms with van der Waals surface area (Å²) in [5, 5.41) is 13.9. The summed E-state index contributed by atoms with van der Waals surface area (Å²) in [6, 6.07) is 17.5. The average molecular weight is 655 g/mol. The number of phenolic OH excluding ortho intramolecular Hbond substituents is 1. The van der Waals surface area contributed by atoms with Gasteiger partial charge in [0.2, 0.25) is 5.75 Å². The van der Waals surface area contributed by atoms with Crippen LogP contribution in [0.25, 0.3) is 0 Å². The first-order chi connectivity index (χ1) is 20.9. The molecule has 0 aliphatic rings. The van der Waals surface area contributed by atoms with Gasteiger partial charge in [-0.15, -0.1) is 0 Å². The third kappa shape index (κ3) is 7.41. The summed E-state index contributed by atoms with van der Waals surface area (Å²) >= 11 is 0. The van der Waals surface area contributed by atoms with Gasteiger partial charge in [-0.2, -0.15) is 0 Å². The molecule has 3 rings (SSSR count). The smallest absolute Gasteiger partial charge is 0.200 e. The number of phenols is 1. The molecular weight excluding hydrogens is 601 g/mol. The minimum Gasteiger partial charge on any atom is -0.502 e. The molecule has 0 fully saturated rings. The highest BCUT2D eigenvalue weighted by atomic mass is 28.3. The van der Waals surface area contributed by atoms with Crippen LogP contribution in [-0.4, -0.2) is 61.1 Å². The van der Waals surface area contributed by atoms with Gasteiger partial charge in [0.1, 0.15) is 16.1 Å². The lowest BCUT2D eigenvalue weighted by Gasteiger charge is -2.43. The van der Waals surface area contributed by atoms with Crippen LogP contribution in [0.5, 0.6) is 40.2 Å². The first-order valence-electron chi connectivity index (χ1n) is 15.4. The molecule has 0 saturated carbocycles. The standard InChI is InChI=1S/C36H54O7Si2/c1-35(2,3)33(44(11,12)28-22-16-20-26(38-7)31(28)40-9)42-24-18-15-19-25(30(24)37)43-34(36(4,5)6)45(13,14)29-23-17-21-27(39-8)32(29)41-10/h15-23,33-34,37H,1-14H3. The van der Waals surface area contributed by atoms with E-state index in [1.54, 1.807) is 28.4 Å². The Balaban J connectivity index is 2.09. The molecule has 7 nitrogen and oxygen atoms in total. The van der Waals surface area contributed by atoms with Gasteiger partial charge in [-0.25, -0.2) is 0 Å². The molecule has 0 aliphatic heterocycles. The van der Waals surface area contributed by atoms with Gasteiger partial charge in [0, 0.05) is 0 Å². The van der Waals surface area contributed by atoms with E-state index in [1.165, 1.54) is 0 Å². The minimum atomic E-state index is -2.43. The van der Waals surface area contributed by atoms with Gasteiger partial charge in [-0.1, -0.05) is 98.1 Å². The van der Waals surface area contributed by atoms with Crippen LogP contribution in [0, 0.1) is 10.8 Å². The van der Waals surface area contributed by atoms with Gasteiger partial charge >= 0.3 is 0 Å². The molecule has 0 aliphatic carbocycles. The van der Waals surface area contributed by atoms with Crippen LogP contribution in [0.1, 0.15) is 41.5 Å². The summed E-state index contributed by atoms with van der Waals surface area (Å²) < 4.78 is 36.7. The van der Waals surface area contributed by atoms with Crippen LogP contribution in [0.3, 0.4) is 0 Å². The molecule has 2 atom stereocenters. The maximum Gasteiger partial charge on any atom is 0.200 e. The second-order valence-corrected chi connectivity index (χ2v) is 23.9. The lowest BCUT2D eigenvalue weighted by Crippen LogP contribution is -2.61. The Labute approximate surface area is 272 Å². The normalized spacial score (nSPS) is 13.9. The molecule has 1 N–H and O–H groups in total. The van der Waals surface area contributed by atoms with Crippen molar-refractivity contribution in [3.63, 3.8) is 0 Å². The van der Waals surface area contributed by atoms with Gasteiger partial charge in [-0.05, 0) is 45.5 Å². The Morgan fingerprint density at radius 3 is 1.11 bits per heavy atom. The number of hydrogen-bond donors (Lipinski definition) is 1. The summed E-state index contributed by atoms with van der Waals surface area (Å²) in [6.45, 7) is 22.1. The van der Waals surface area contributed by atoms with Crippen LogP contribution in [0.15, 0.2) is 54.6 Å². The Morgan fingerprint density at radius 2 is 0.822 bits per heavy atom. The molecule has 0 spiro atoms. The van der Waals surface area contributed by atoms with Crippen molar-refractivity contribution in [1.82, 2.24) is 0 Å². The van der Waals surface area contributed by atoms with E-state index in [2.05, 4.69) is 79.9 Å². The fourth-order valence-corrected chi connectivity index (χ4v) is 15.2. The highest BCUT2D eigenvalue weighted by Gasteiger charge is 2.47. The third-order valence-electron chi connectivity index (χ3n) is 8.53. The van der Waals surface area contributed by atoms with Gasteiger partial charge in [-0.3, -0.25) is 0 Å². The van der Waals surface area contributed by atoms with E-state index in [0.29, 0.717) is 23.0 Å². The molecule has 0 aromatic heterocycles. The second kappa shape index (κ2) is 13.6. The van der Waals surface area contributed by atoms with Crippen molar-refractivity contribution in [1.29, 1.82) is 0 Å². The zero-order valence-corrected chi connectivity index (χ0v) is 31.7. The van der Waals surface area contributed by atoms with Crippen LogP contribution >= 0.6 is 0 Å². The average Bonchev–Trinajstić information content (AvgIpc) is 2.97. The molecule has 45 heavy (non-hydrogen) atoms. The summed E-state index contributed by atoms with van der Waals surface area (Å²) in [5.74, 6) is 3.60. The van der Waals surface area contributed by atoms with Crippen LogP contribution in [-0.2, 0) is 0 Å². The first kappa shape index (κ1) is 36.2. The largest absolute Gasteiger partial charge is 0.502 e. The van der Waals surface area contributed by atoms with Gasteiger partial charge in [0.05, 0.1) is 39.9 Å². The molecule has 248 valence electrons. The molecular formula is C36H54O7Si2. The number of rotatable bonds is 12. The van der Waals surface area contributed by atoms with Crippen molar-refractivity contribution in [2.45, 2.75) is 79.2 Å². The van der Waals surface area contributed by atoms with Crippen molar-refractivity contribution in [3.05, 3.63) is 54.6 Å². The van der Waals surface area contributed by atoms with Gasteiger partial charge in [0.25, 0.3) is 0 Å². The topological polar surface area (TPSA) is 75.6 Å². The zero-order chi connectivity index (χ0) is 34.0. The summed E-state index contributed by atoms with van der Waals surface area (Å²) in [4.78, 5) is 0. The Bertz CT molecular complexity index is 1350. The summed E-state index contributed by atoms with van der Waals surface area (Å²) in [7, 11) is 1.77. The lowest BCUT2D eigenvalue weighted by atomic mass is 9.98. The number of hydrogen-bond acceptors (Lipinski definition) is 7. The summed E-state index contributed by atoms with van der Waals surface area (Å²) in [5.41, 5.74) is -1.01. The lowest BCUT2D eigenvalue weighted by molar-refractivity contribution is 0.132. The molecule has 0 amide bonds. The van der Waals surface area contributed by atoms with Crippen molar-refractivity contribution in [3.8, 4) is 40.2 Å². The molecule has 0 radical (unpaired) electrons. The van der Waals surface area contributed by atoms with E-state index in [9.17, 15) is 5.11 Å². The molecule has 9 heteroatoms.